The summed E-state index contributed by atoms with van der Waals surface area (Å²) in [4.78, 5) is 25.7. The minimum absolute atomic E-state index is 0.322. The van der Waals surface area contributed by atoms with Gasteiger partial charge in [-0.1, -0.05) is 30.3 Å². The van der Waals surface area contributed by atoms with E-state index >= 15 is 0 Å². The molecule has 0 bridgehead atoms. The lowest BCUT2D eigenvalue weighted by molar-refractivity contribution is -0.134. The van der Waals surface area contributed by atoms with Crippen LogP contribution in [-0.2, 0) is 9.59 Å². The quantitative estimate of drug-likeness (QED) is 0.565. The number of nitrogens with two attached hydrogens (primary N) is 1. The van der Waals surface area contributed by atoms with E-state index in [-0.39, 0.29) is 5.91 Å². The number of carboxylic acid groups (broad SMARTS) is 1. The number of nitrogens with zero attached hydrogens (tertiary/aromatic N) is 2. The maximum absolute atomic E-state index is 12.4. The lowest BCUT2D eigenvalue weighted by atomic mass is 9.94. The first-order valence-corrected chi connectivity index (χ1v) is 11.7. The van der Waals surface area contributed by atoms with Gasteiger partial charge in [0.25, 0.3) is 5.97 Å². The third-order valence-corrected chi connectivity index (χ3v) is 6.26. The van der Waals surface area contributed by atoms with Gasteiger partial charge in [-0.05, 0) is 42.7 Å². The van der Waals surface area contributed by atoms with Crippen molar-refractivity contribution < 1.29 is 29.3 Å². The van der Waals surface area contributed by atoms with E-state index in [1.165, 1.54) is 0 Å². The number of aryl methyl sites for hydroxylation is 2. The van der Waals surface area contributed by atoms with Crippen LogP contribution in [0.25, 0.3) is 0 Å². The van der Waals surface area contributed by atoms with Gasteiger partial charge in [0, 0.05) is 39.6 Å². The predicted octanol–water partition coefficient (Wildman–Crippen LogP) is 1.74. The Morgan fingerprint density at radius 1 is 1.03 bits per heavy atom. The summed E-state index contributed by atoms with van der Waals surface area (Å²) in [6.07, 6.45) is -1.06. The minimum Gasteiger partial charge on any atom is -0.486 e. The van der Waals surface area contributed by atoms with E-state index in [0.29, 0.717) is 37.7 Å². The van der Waals surface area contributed by atoms with Gasteiger partial charge in [-0.15, -0.1) is 0 Å². The second kappa shape index (κ2) is 12.0. The molecule has 9 nitrogen and oxygen atoms in total. The molecule has 4 N–H and O–H groups in total. The van der Waals surface area contributed by atoms with Gasteiger partial charge in [0.1, 0.15) is 18.8 Å². The number of ether oxygens (including phenoxy) is 2. The summed E-state index contributed by atoms with van der Waals surface area (Å²) in [5.41, 5.74) is 8.99. The Morgan fingerprint density at radius 2 is 1.60 bits per heavy atom. The first-order chi connectivity index (χ1) is 16.7. The average molecular weight is 486 g/mol. The van der Waals surface area contributed by atoms with Crippen molar-refractivity contribution in [3.63, 3.8) is 0 Å². The molecule has 2 aliphatic rings. The number of aliphatic carboxylic acids is 1. The van der Waals surface area contributed by atoms with Crippen molar-refractivity contribution in [1.29, 1.82) is 0 Å². The summed E-state index contributed by atoms with van der Waals surface area (Å²) in [5, 5.41) is 18.1. The van der Waals surface area contributed by atoms with Gasteiger partial charge >= 0.3 is 0 Å². The number of para-hydroxylation sites is 2. The Bertz CT molecular complexity index is 998. The number of carbonyl (C=O) groups is 2. The molecule has 1 saturated heterocycles. The zero-order chi connectivity index (χ0) is 25.5. The monoisotopic (exact) mass is 485 g/mol. The summed E-state index contributed by atoms with van der Waals surface area (Å²) in [7, 11) is 0. The maximum Gasteiger partial charge on any atom is 0.300 e. The number of primary amides is 1. The normalized spacial score (nSPS) is 19.7. The van der Waals surface area contributed by atoms with Crippen molar-refractivity contribution in [2.75, 3.05) is 39.3 Å². The van der Waals surface area contributed by atoms with Crippen LogP contribution in [0.15, 0.2) is 42.5 Å². The van der Waals surface area contributed by atoms with E-state index in [0.717, 1.165) is 36.7 Å². The van der Waals surface area contributed by atoms with Gasteiger partial charge in [0.2, 0.25) is 5.91 Å². The van der Waals surface area contributed by atoms with Crippen LogP contribution in [0, 0.1) is 13.8 Å². The van der Waals surface area contributed by atoms with E-state index in [2.05, 4.69) is 9.80 Å². The minimum atomic E-state index is -0.833. The Labute approximate surface area is 206 Å². The van der Waals surface area contributed by atoms with Crippen molar-refractivity contribution in [3.05, 3.63) is 59.2 Å². The van der Waals surface area contributed by atoms with Crippen molar-refractivity contribution in [2.45, 2.75) is 39.0 Å². The molecular weight excluding hydrogens is 450 g/mol. The molecule has 4 rings (SSSR count). The fourth-order valence-corrected chi connectivity index (χ4v) is 4.58. The van der Waals surface area contributed by atoms with Gasteiger partial charge in [-0.25, -0.2) is 0 Å². The lowest BCUT2D eigenvalue weighted by Crippen LogP contribution is -2.54. The number of fused-ring (bicyclic) bond motifs is 1. The molecule has 2 aromatic rings. The van der Waals surface area contributed by atoms with E-state index in [1.807, 2.05) is 56.3 Å². The molecule has 3 unspecified atom stereocenters. The summed E-state index contributed by atoms with van der Waals surface area (Å²) in [6.45, 7) is 8.86. The predicted molar refractivity (Wildman–Crippen MR) is 132 cm³/mol. The van der Waals surface area contributed by atoms with E-state index < -0.39 is 24.2 Å². The molecule has 0 radical (unpaired) electrons. The van der Waals surface area contributed by atoms with Crippen LogP contribution >= 0.6 is 0 Å². The number of β-amino-alcohol motifs (C(OH)–C–C–N with tert-alkyl or cyclic N) is 1. The van der Waals surface area contributed by atoms with Crippen molar-refractivity contribution in [2.24, 2.45) is 5.73 Å². The van der Waals surface area contributed by atoms with Gasteiger partial charge in [0.05, 0.1) is 0 Å². The third-order valence-electron chi connectivity index (χ3n) is 6.26. The molecule has 9 heteroatoms. The number of hydrogen-bond donors (Lipinski definition) is 3. The fraction of sp³-hybridized carbons (Fsp3) is 0.462. The number of aliphatic hydroxyl groups excluding tert-OH is 1. The molecule has 0 aliphatic carbocycles. The Morgan fingerprint density at radius 3 is 2.17 bits per heavy atom. The fourth-order valence-electron chi connectivity index (χ4n) is 4.58. The van der Waals surface area contributed by atoms with Crippen molar-refractivity contribution >= 4 is 11.9 Å². The highest BCUT2D eigenvalue weighted by molar-refractivity contribution is 5.82. The van der Waals surface area contributed by atoms with Crippen LogP contribution < -0.4 is 15.2 Å². The number of benzene rings is 2. The Hall–Kier alpha value is -3.14. The largest absolute Gasteiger partial charge is 0.486 e. The maximum atomic E-state index is 12.4. The Balaban J connectivity index is 0.000000795. The zero-order valence-corrected chi connectivity index (χ0v) is 20.5. The van der Waals surface area contributed by atoms with Gasteiger partial charge in [-0.2, -0.15) is 0 Å². The molecule has 0 spiro atoms. The highest BCUT2D eigenvalue weighted by Crippen LogP contribution is 2.32. The first-order valence-electron chi connectivity index (χ1n) is 11.7. The molecule has 2 heterocycles. The molecular formula is C26H35N3O6. The van der Waals surface area contributed by atoms with Crippen molar-refractivity contribution in [1.82, 2.24) is 9.80 Å². The number of hydrogen-bond acceptors (Lipinski definition) is 7. The third kappa shape index (κ3) is 6.94. The van der Waals surface area contributed by atoms with Crippen LogP contribution in [0.4, 0.5) is 0 Å². The van der Waals surface area contributed by atoms with Crippen LogP contribution in [0.5, 0.6) is 11.5 Å². The number of aliphatic hydroxyl groups is 1. The average Bonchev–Trinajstić information content (AvgIpc) is 2.81. The van der Waals surface area contributed by atoms with Gasteiger partial charge in [-0.3, -0.25) is 19.4 Å². The molecule has 0 saturated carbocycles. The van der Waals surface area contributed by atoms with Gasteiger partial charge in [0.15, 0.2) is 17.6 Å². The molecule has 190 valence electrons. The highest BCUT2D eigenvalue weighted by Gasteiger charge is 2.33. The van der Waals surface area contributed by atoms with E-state index in [1.54, 1.807) is 0 Å². The molecule has 3 atom stereocenters. The standard InChI is InChI=1S/C24H31N3O4.C2H4O2/c1-16-6-5-7-17(2)22(16)23(24(25)29)27-12-10-26(11-13-27)14-18(28)21-15-30-19-8-3-4-9-20(19)31-21;1-2(3)4/h3-9,18,21,23,28H,10-15H2,1-2H3,(H2,25,29);1H3,(H,3,4). The number of piperazine rings is 1. The summed E-state index contributed by atoms with van der Waals surface area (Å²) < 4.78 is 11.7. The summed E-state index contributed by atoms with van der Waals surface area (Å²) >= 11 is 0. The number of carboxylic acids is 1. The first kappa shape index (κ1) is 26.5. The van der Waals surface area contributed by atoms with Gasteiger partial charge < -0.3 is 25.4 Å². The number of amides is 1. The second-order valence-corrected chi connectivity index (χ2v) is 8.95. The topological polar surface area (TPSA) is 126 Å². The van der Waals surface area contributed by atoms with Crippen molar-refractivity contribution in [3.8, 4) is 11.5 Å². The van der Waals surface area contributed by atoms with E-state index in [4.69, 9.17) is 25.1 Å². The molecule has 2 aliphatic heterocycles. The van der Waals surface area contributed by atoms with Crippen LogP contribution in [0.1, 0.15) is 29.7 Å². The summed E-state index contributed by atoms with van der Waals surface area (Å²) in [5.74, 6) is 0.224. The molecule has 2 aromatic carbocycles. The van der Waals surface area contributed by atoms with Crippen LogP contribution in [0.3, 0.4) is 0 Å². The zero-order valence-electron chi connectivity index (χ0n) is 20.5. The van der Waals surface area contributed by atoms with Crippen LogP contribution in [-0.4, -0.2) is 83.4 Å². The summed E-state index contributed by atoms with van der Waals surface area (Å²) in [6, 6.07) is 13.1. The SMILES string of the molecule is CC(=O)O.Cc1cccc(C)c1C(C(N)=O)N1CCN(CC(O)C2COc3ccccc3O2)CC1. The lowest BCUT2D eigenvalue weighted by Gasteiger charge is -2.40. The molecule has 1 fully saturated rings. The Kier molecular flexibility index (Phi) is 9.08. The number of rotatable bonds is 6. The number of carbonyl (C=O) groups excluding carboxylic acids is 1. The molecule has 1 amide bonds. The molecule has 0 aromatic heterocycles. The second-order valence-electron chi connectivity index (χ2n) is 8.95. The highest BCUT2D eigenvalue weighted by atomic mass is 16.6. The smallest absolute Gasteiger partial charge is 0.300 e. The molecule has 35 heavy (non-hydrogen) atoms. The van der Waals surface area contributed by atoms with Crippen LogP contribution in [0.2, 0.25) is 0 Å². The van der Waals surface area contributed by atoms with E-state index in [9.17, 15) is 9.90 Å².